The molecule has 1 fully saturated rings. The van der Waals surface area contributed by atoms with Crippen LogP contribution in [0.4, 0.5) is 0 Å². The van der Waals surface area contributed by atoms with Crippen LogP contribution in [0, 0.1) is 19.8 Å². The van der Waals surface area contributed by atoms with E-state index in [1.807, 2.05) is 31.2 Å². The first kappa shape index (κ1) is 24.4. The summed E-state index contributed by atoms with van der Waals surface area (Å²) in [5.41, 5.74) is 3.11. The predicted octanol–water partition coefficient (Wildman–Crippen LogP) is 3.38. The molecule has 0 aliphatic carbocycles. The molecule has 1 aliphatic heterocycles. The lowest BCUT2D eigenvalue weighted by Crippen LogP contribution is -2.40. The molecule has 0 bridgehead atoms. The Kier molecular flexibility index (Phi) is 8.14. The fourth-order valence-corrected chi connectivity index (χ4v) is 4.28. The molecule has 3 rings (SSSR count). The van der Waals surface area contributed by atoms with Gasteiger partial charge >= 0.3 is 5.97 Å². The van der Waals surface area contributed by atoms with E-state index < -0.39 is 5.97 Å². The maximum absolute atomic E-state index is 13.0. The van der Waals surface area contributed by atoms with Gasteiger partial charge in [0.1, 0.15) is 11.4 Å². The number of carbonyl (C=O) groups excluding carboxylic acids is 3. The number of likely N-dealkylation sites (tertiary alicyclic amines) is 1. The Morgan fingerprint density at radius 1 is 1.12 bits per heavy atom. The van der Waals surface area contributed by atoms with Crippen LogP contribution in [0.1, 0.15) is 63.9 Å². The topological polar surface area (TPSA) is 101 Å². The Hall–Kier alpha value is -3.29. The second-order valence-corrected chi connectivity index (χ2v) is 8.41. The van der Waals surface area contributed by atoms with E-state index in [4.69, 9.17) is 9.47 Å². The molecule has 2 heterocycles. The number of methoxy groups -OCH3 is 1. The van der Waals surface area contributed by atoms with Crippen molar-refractivity contribution in [3.8, 4) is 5.75 Å². The molecular weight excluding hydrogens is 422 g/mol. The molecule has 178 valence electrons. The number of piperidine rings is 1. The Balaban J connectivity index is 1.47. The van der Waals surface area contributed by atoms with E-state index in [2.05, 4.69) is 10.3 Å². The first-order valence-corrected chi connectivity index (χ1v) is 11.4. The highest BCUT2D eigenvalue weighted by Gasteiger charge is 2.29. The van der Waals surface area contributed by atoms with Crippen LogP contribution < -0.4 is 10.1 Å². The van der Waals surface area contributed by atoms with Crippen LogP contribution in [0.25, 0.3) is 0 Å². The molecule has 1 saturated heterocycles. The zero-order valence-corrected chi connectivity index (χ0v) is 19.8. The van der Waals surface area contributed by atoms with Gasteiger partial charge in [0.2, 0.25) is 5.91 Å². The number of nitrogens with one attached hydrogen (secondary N) is 2. The van der Waals surface area contributed by atoms with Crippen LogP contribution in [0.2, 0.25) is 0 Å². The van der Waals surface area contributed by atoms with Crippen LogP contribution in [0.15, 0.2) is 24.3 Å². The van der Waals surface area contributed by atoms with Crippen molar-refractivity contribution in [2.45, 2.75) is 46.6 Å². The molecule has 2 amide bonds. The number of carbonyl (C=O) groups is 3. The van der Waals surface area contributed by atoms with E-state index in [0.717, 1.165) is 24.2 Å². The Morgan fingerprint density at radius 2 is 1.79 bits per heavy atom. The second kappa shape index (κ2) is 11.0. The van der Waals surface area contributed by atoms with E-state index >= 15 is 0 Å². The zero-order valence-electron chi connectivity index (χ0n) is 19.8. The minimum Gasteiger partial charge on any atom is -0.494 e. The summed E-state index contributed by atoms with van der Waals surface area (Å²) in [6.45, 7) is 7.73. The van der Waals surface area contributed by atoms with Gasteiger partial charge in [0.05, 0.1) is 19.3 Å². The SMILES string of the molecule is CCOc1ccc(CNC(=O)CC2CCN(C(=O)c3[nH]c(C)c(C(=O)OC)c3C)CC2)cc1. The van der Waals surface area contributed by atoms with Crippen LogP contribution in [0.3, 0.4) is 0 Å². The Bertz CT molecular complexity index is 988. The number of benzene rings is 1. The van der Waals surface area contributed by atoms with E-state index in [0.29, 0.717) is 55.2 Å². The van der Waals surface area contributed by atoms with Gasteiger partial charge in [-0.2, -0.15) is 0 Å². The largest absolute Gasteiger partial charge is 0.494 e. The Morgan fingerprint density at radius 3 is 2.39 bits per heavy atom. The van der Waals surface area contributed by atoms with E-state index in [-0.39, 0.29) is 17.7 Å². The molecule has 0 radical (unpaired) electrons. The quantitative estimate of drug-likeness (QED) is 0.595. The lowest BCUT2D eigenvalue weighted by Gasteiger charge is -2.31. The number of esters is 1. The summed E-state index contributed by atoms with van der Waals surface area (Å²) >= 11 is 0. The number of nitrogens with zero attached hydrogens (tertiary/aromatic N) is 1. The summed E-state index contributed by atoms with van der Waals surface area (Å²) in [6, 6.07) is 7.70. The number of aromatic nitrogens is 1. The van der Waals surface area contributed by atoms with Crippen molar-refractivity contribution < 1.29 is 23.9 Å². The molecular formula is C25H33N3O5. The highest BCUT2D eigenvalue weighted by Crippen LogP contribution is 2.25. The van der Waals surface area contributed by atoms with Gasteiger partial charge in [-0.25, -0.2) is 4.79 Å². The van der Waals surface area contributed by atoms with Gasteiger partial charge in [-0.05, 0) is 62.8 Å². The molecule has 33 heavy (non-hydrogen) atoms. The molecule has 0 spiro atoms. The van der Waals surface area contributed by atoms with Crippen LogP contribution in [-0.2, 0) is 16.1 Å². The molecule has 1 aromatic heterocycles. The first-order chi connectivity index (χ1) is 15.8. The Labute approximate surface area is 194 Å². The van der Waals surface area contributed by atoms with Gasteiger partial charge in [-0.1, -0.05) is 12.1 Å². The maximum atomic E-state index is 13.0. The van der Waals surface area contributed by atoms with Gasteiger partial charge in [-0.3, -0.25) is 9.59 Å². The number of H-pyrrole nitrogens is 1. The van der Waals surface area contributed by atoms with Crippen LogP contribution in [0.5, 0.6) is 5.75 Å². The van der Waals surface area contributed by atoms with E-state index in [1.165, 1.54) is 7.11 Å². The van der Waals surface area contributed by atoms with Crippen molar-refractivity contribution in [2.24, 2.45) is 5.92 Å². The number of hydrogen-bond acceptors (Lipinski definition) is 5. The maximum Gasteiger partial charge on any atom is 0.339 e. The third-order valence-electron chi connectivity index (χ3n) is 6.14. The van der Waals surface area contributed by atoms with E-state index in [9.17, 15) is 14.4 Å². The summed E-state index contributed by atoms with van der Waals surface area (Å²) in [5, 5.41) is 2.98. The third kappa shape index (κ3) is 5.94. The molecule has 0 atom stereocenters. The molecule has 2 aromatic rings. The molecule has 8 nitrogen and oxygen atoms in total. The van der Waals surface area contributed by atoms with Crippen molar-refractivity contribution in [1.29, 1.82) is 0 Å². The number of aromatic amines is 1. The molecule has 2 N–H and O–H groups in total. The minimum atomic E-state index is -0.449. The highest BCUT2D eigenvalue weighted by atomic mass is 16.5. The summed E-state index contributed by atoms with van der Waals surface area (Å²) in [4.78, 5) is 42.2. The number of amides is 2. The van der Waals surface area contributed by atoms with Gasteiger partial charge in [0.25, 0.3) is 5.91 Å². The lowest BCUT2D eigenvalue weighted by atomic mass is 9.93. The van der Waals surface area contributed by atoms with Crippen LogP contribution in [-0.4, -0.2) is 54.5 Å². The predicted molar refractivity (Wildman–Crippen MR) is 124 cm³/mol. The molecule has 1 aliphatic rings. The first-order valence-electron chi connectivity index (χ1n) is 11.4. The average molecular weight is 456 g/mol. The van der Waals surface area contributed by atoms with Gasteiger partial charge in [0.15, 0.2) is 0 Å². The molecule has 0 saturated carbocycles. The van der Waals surface area contributed by atoms with Crippen molar-refractivity contribution in [3.63, 3.8) is 0 Å². The smallest absolute Gasteiger partial charge is 0.339 e. The number of aryl methyl sites for hydroxylation is 1. The number of rotatable bonds is 8. The van der Waals surface area contributed by atoms with Gasteiger partial charge in [0, 0.05) is 31.7 Å². The van der Waals surface area contributed by atoms with Crippen molar-refractivity contribution in [1.82, 2.24) is 15.2 Å². The number of hydrogen-bond donors (Lipinski definition) is 2. The summed E-state index contributed by atoms with van der Waals surface area (Å²) in [5.74, 6) is 0.512. The van der Waals surface area contributed by atoms with Gasteiger partial charge < -0.3 is 24.7 Å². The van der Waals surface area contributed by atoms with Gasteiger partial charge in [-0.15, -0.1) is 0 Å². The van der Waals surface area contributed by atoms with Crippen molar-refractivity contribution >= 4 is 17.8 Å². The fraction of sp³-hybridized carbons (Fsp3) is 0.480. The summed E-state index contributed by atoms with van der Waals surface area (Å²) < 4.78 is 10.3. The lowest BCUT2D eigenvalue weighted by molar-refractivity contribution is -0.122. The summed E-state index contributed by atoms with van der Waals surface area (Å²) in [6.07, 6.45) is 1.99. The second-order valence-electron chi connectivity index (χ2n) is 8.41. The zero-order chi connectivity index (χ0) is 24.0. The molecule has 8 heteroatoms. The normalized spacial score (nSPS) is 14.1. The fourth-order valence-electron chi connectivity index (χ4n) is 4.28. The monoisotopic (exact) mass is 455 g/mol. The minimum absolute atomic E-state index is 0.0206. The average Bonchev–Trinajstić information content (AvgIpc) is 3.12. The van der Waals surface area contributed by atoms with Crippen molar-refractivity contribution in [2.75, 3.05) is 26.8 Å². The molecule has 1 aromatic carbocycles. The standard InChI is InChI=1S/C25H33N3O5/c1-5-33-20-8-6-19(7-9-20)15-26-21(29)14-18-10-12-28(13-11-18)24(30)23-16(2)22(17(3)27-23)25(31)32-4/h6-9,18,27H,5,10-15H2,1-4H3,(H,26,29). The third-order valence-corrected chi connectivity index (χ3v) is 6.14. The summed E-state index contributed by atoms with van der Waals surface area (Å²) in [7, 11) is 1.33. The number of ether oxygens (including phenoxy) is 2. The van der Waals surface area contributed by atoms with Crippen molar-refractivity contribution in [3.05, 3.63) is 52.3 Å². The van der Waals surface area contributed by atoms with E-state index in [1.54, 1.807) is 18.7 Å². The van der Waals surface area contributed by atoms with Crippen LogP contribution >= 0.6 is 0 Å². The highest BCUT2D eigenvalue weighted by molar-refractivity contribution is 6.00. The molecule has 0 unspecified atom stereocenters.